The number of carbonyl (C=O) groups is 3. The highest BCUT2D eigenvalue weighted by Gasteiger charge is 2.37. The molecule has 0 atom stereocenters. The predicted octanol–water partition coefficient (Wildman–Crippen LogP) is 4.48. The van der Waals surface area contributed by atoms with Gasteiger partial charge in [0.1, 0.15) is 5.57 Å². The Kier molecular flexibility index (Phi) is 6.48. The van der Waals surface area contributed by atoms with Gasteiger partial charge in [0.05, 0.1) is 24.4 Å². The van der Waals surface area contributed by atoms with Gasteiger partial charge in [0.15, 0.2) is 11.5 Å². The molecule has 7 nitrogen and oxygen atoms in total. The number of nitrogens with one attached hydrogen (secondary N) is 1. The summed E-state index contributed by atoms with van der Waals surface area (Å²) in [6.45, 7) is 4.01. The average molecular weight is 494 g/mol. The van der Waals surface area contributed by atoms with Crippen molar-refractivity contribution >= 4 is 57.1 Å². The number of carbonyl (C=O) groups excluding carboxylic acids is 3. The lowest BCUT2D eigenvalue weighted by Crippen LogP contribution is -2.54. The van der Waals surface area contributed by atoms with E-state index in [-0.39, 0.29) is 10.6 Å². The number of imide groups is 2. The number of barbiturate groups is 1. The number of hydrogen-bond donors (Lipinski definition) is 1. The maximum absolute atomic E-state index is 13.0. The van der Waals surface area contributed by atoms with Crippen molar-refractivity contribution in [2.45, 2.75) is 13.8 Å². The van der Waals surface area contributed by atoms with Gasteiger partial charge in [-0.3, -0.25) is 14.9 Å². The van der Waals surface area contributed by atoms with Gasteiger partial charge in [0.25, 0.3) is 11.8 Å². The maximum atomic E-state index is 13.0. The summed E-state index contributed by atoms with van der Waals surface area (Å²) >= 11 is 9.64. The third-order valence-electron chi connectivity index (χ3n) is 4.35. The molecule has 156 valence electrons. The molecule has 30 heavy (non-hydrogen) atoms. The van der Waals surface area contributed by atoms with Crippen molar-refractivity contribution in [3.05, 3.63) is 56.5 Å². The molecule has 0 saturated carbocycles. The summed E-state index contributed by atoms with van der Waals surface area (Å²) in [7, 11) is 1.46. The SMILES string of the molecule is CCOc1cc(/C=C2\C(=O)NC(=O)N(c3ccc(Br)c(C)c3)C2=O)cc(Cl)c1OC. The van der Waals surface area contributed by atoms with Gasteiger partial charge in [0, 0.05) is 4.47 Å². The maximum Gasteiger partial charge on any atom is 0.335 e. The first-order valence-corrected chi connectivity index (χ1v) is 10.1. The minimum absolute atomic E-state index is 0.209. The van der Waals surface area contributed by atoms with Crippen LogP contribution in [0.15, 0.2) is 40.4 Å². The standard InChI is InChI=1S/C21H18BrClN2O5/c1-4-30-17-10-12(9-16(23)18(17)29-3)8-14-19(26)24-21(28)25(20(14)27)13-5-6-15(22)11(2)7-13/h5-10H,4H2,1-3H3,(H,24,26,28)/b14-8+. The molecule has 0 spiro atoms. The number of anilines is 1. The van der Waals surface area contributed by atoms with Crippen LogP contribution in [0.25, 0.3) is 6.08 Å². The highest BCUT2D eigenvalue weighted by Crippen LogP contribution is 2.37. The second kappa shape index (κ2) is 8.89. The summed E-state index contributed by atoms with van der Waals surface area (Å²) in [5.41, 5.74) is 1.42. The van der Waals surface area contributed by atoms with Crippen molar-refractivity contribution in [1.82, 2.24) is 5.32 Å². The van der Waals surface area contributed by atoms with E-state index in [0.717, 1.165) is 14.9 Å². The summed E-state index contributed by atoms with van der Waals surface area (Å²) in [4.78, 5) is 38.7. The topological polar surface area (TPSA) is 84.9 Å². The number of benzene rings is 2. The summed E-state index contributed by atoms with van der Waals surface area (Å²) in [6.07, 6.45) is 1.36. The third-order valence-corrected chi connectivity index (χ3v) is 5.52. The molecule has 1 saturated heterocycles. The lowest BCUT2D eigenvalue weighted by molar-refractivity contribution is -0.122. The number of hydrogen-bond acceptors (Lipinski definition) is 5. The summed E-state index contributed by atoms with van der Waals surface area (Å²) in [5.74, 6) is -0.808. The largest absolute Gasteiger partial charge is 0.491 e. The zero-order chi connectivity index (χ0) is 22.0. The number of aryl methyl sites for hydroxylation is 1. The lowest BCUT2D eigenvalue weighted by atomic mass is 10.1. The Morgan fingerprint density at radius 3 is 2.57 bits per heavy atom. The monoisotopic (exact) mass is 492 g/mol. The Balaban J connectivity index is 2.05. The van der Waals surface area contributed by atoms with Crippen molar-refractivity contribution in [2.75, 3.05) is 18.6 Å². The summed E-state index contributed by atoms with van der Waals surface area (Å²) in [5, 5.41) is 2.46. The van der Waals surface area contributed by atoms with Gasteiger partial charge in [-0.1, -0.05) is 27.5 Å². The Bertz CT molecular complexity index is 1080. The van der Waals surface area contributed by atoms with Gasteiger partial charge in [-0.25, -0.2) is 9.69 Å². The van der Waals surface area contributed by atoms with Crippen LogP contribution < -0.4 is 19.7 Å². The Morgan fingerprint density at radius 2 is 1.93 bits per heavy atom. The van der Waals surface area contributed by atoms with Crippen molar-refractivity contribution < 1.29 is 23.9 Å². The molecule has 0 bridgehead atoms. The van der Waals surface area contributed by atoms with E-state index in [1.54, 1.807) is 37.3 Å². The minimum atomic E-state index is -0.813. The first-order valence-electron chi connectivity index (χ1n) is 8.94. The van der Waals surface area contributed by atoms with E-state index < -0.39 is 17.8 Å². The highest BCUT2D eigenvalue weighted by molar-refractivity contribution is 9.10. The molecule has 2 aromatic carbocycles. The molecular weight excluding hydrogens is 476 g/mol. The van der Waals surface area contributed by atoms with Crippen LogP contribution in [0.5, 0.6) is 11.5 Å². The van der Waals surface area contributed by atoms with Gasteiger partial charge in [-0.15, -0.1) is 0 Å². The molecule has 1 aliphatic heterocycles. The fourth-order valence-electron chi connectivity index (χ4n) is 2.96. The highest BCUT2D eigenvalue weighted by atomic mass is 79.9. The molecule has 0 aromatic heterocycles. The van der Waals surface area contributed by atoms with Crippen molar-refractivity contribution in [3.8, 4) is 11.5 Å². The van der Waals surface area contributed by atoms with Crippen LogP contribution in [0.2, 0.25) is 5.02 Å². The van der Waals surface area contributed by atoms with E-state index in [1.165, 1.54) is 13.2 Å². The number of methoxy groups -OCH3 is 1. The number of amides is 4. The normalized spacial score (nSPS) is 15.4. The fourth-order valence-corrected chi connectivity index (χ4v) is 3.50. The van der Waals surface area contributed by atoms with E-state index in [4.69, 9.17) is 21.1 Å². The second-order valence-electron chi connectivity index (χ2n) is 6.36. The van der Waals surface area contributed by atoms with Crippen molar-refractivity contribution in [2.24, 2.45) is 0 Å². The van der Waals surface area contributed by atoms with Crippen LogP contribution >= 0.6 is 27.5 Å². The smallest absolute Gasteiger partial charge is 0.335 e. The second-order valence-corrected chi connectivity index (χ2v) is 7.62. The molecular formula is C21H18BrClN2O5. The van der Waals surface area contributed by atoms with E-state index in [9.17, 15) is 14.4 Å². The number of rotatable bonds is 5. The molecule has 0 radical (unpaired) electrons. The van der Waals surface area contributed by atoms with Crippen LogP contribution in [0.3, 0.4) is 0 Å². The molecule has 9 heteroatoms. The number of ether oxygens (including phenoxy) is 2. The third kappa shape index (κ3) is 4.20. The molecule has 1 fully saturated rings. The molecule has 3 rings (SSSR count). The van der Waals surface area contributed by atoms with Crippen molar-refractivity contribution in [3.63, 3.8) is 0 Å². The zero-order valence-corrected chi connectivity index (χ0v) is 18.8. The van der Waals surface area contributed by atoms with Crippen LogP contribution in [0.1, 0.15) is 18.1 Å². The number of halogens is 2. The zero-order valence-electron chi connectivity index (χ0n) is 16.4. The van der Waals surface area contributed by atoms with Gasteiger partial charge >= 0.3 is 6.03 Å². The van der Waals surface area contributed by atoms with Crippen LogP contribution in [0, 0.1) is 6.92 Å². The van der Waals surface area contributed by atoms with Crippen LogP contribution in [-0.4, -0.2) is 31.6 Å². The number of nitrogens with zero attached hydrogens (tertiary/aromatic N) is 1. The molecule has 0 unspecified atom stereocenters. The summed E-state index contributed by atoms with van der Waals surface area (Å²) in [6, 6.07) is 7.34. The Labute approximate surface area is 186 Å². The minimum Gasteiger partial charge on any atom is -0.491 e. The fraction of sp³-hybridized carbons (Fsp3) is 0.190. The molecule has 0 aliphatic carbocycles. The molecule has 2 aromatic rings. The molecule has 1 N–H and O–H groups in total. The van der Waals surface area contributed by atoms with E-state index in [1.807, 2.05) is 6.92 Å². The quantitative estimate of drug-likeness (QED) is 0.490. The Hall–Kier alpha value is -2.84. The number of urea groups is 1. The van der Waals surface area contributed by atoms with Crippen LogP contribution in [0.4, 0.5) is 10.5 Å². The Morgan fingerprint density at radius 1 is 1.20 bits per heavy atom. The van der Waals surface area contributed by atoms with Gasteiger partial charge in [0.2, 0.25) is 0 Å². The first kappa shape index (κ1) is 21.9. The molecule has 4 amide bonds. The lowest BCUT2D eigenvalue weighted by Gasteiger charge is -2.26. The molecule has 1 heterocycles. The van der Waals surface area contributed by atoms with Gasteiger partial charge < -0.3 is 9.47 Å². The van der Waals surface area contributed by atoms with E-state index in [2.05, 4.69) is 21.2 Å². The van der Waals surface area contributed by atoms with Crippen LogP contribution in [-0.2, 0) is 9.59 Å². The summed E-state index contributed by atoms with van der Waals surface area (Å²) < 4.78 is 11.6. The van der Waals surface area contributed by atoms with Gasteiger partial charge in [-0.05, 0) is 61.4 Å². The predicted molar refractivity (Wildman–Crippen MR) is 117 cm³/mol. The molecule has 1 aliphatic rings. The average Bonchev–Trinajstić information content (AvgIpc) is 2.68. The van der Waals surface area contributed by atoms with E-state index in [0.29, 0.717) is 29.4 Å². The van der Waals surface area contributed by atoms with Crippen molar-refractivity contribution in [1.29, 1.82) is 0 Å². The van der Waals surface area contributed by atoms with Gasteiger partial charge in [-0.2, -0.15) is 0 Å². The van der Waals surface area contributed by atoms with E-state index >= 15 is 0 Å². The first-order chi connectivity index (χ1) is 14.3.